The van der Waals surface area contributed by atoms with Crippen molar-refractivity contribution in [1.29, 1.82) is 5.26 Å². The summed E-state index contributed by atoms with van der Waals surface area (Å²) in [7, 11) is 0. The summed E-state index contributed by atoms with van der Waals surface area (Å²) in [6.07, 6.45) is 9.60. The van der Waals surface area contributed by atoms with E-state index >= 15 is 0 Å². The highest BCUT2D eigenvalue weighted by atomic mass is 16.5. The largest absolute Gasteiger partial charge is 0.387 e. The van der Waals surface area contributed by atoms with E-state index in [0.29, 0.717) is 17.8 Å². The minimum atomic E-state index is -0.678. The van der Waals surface area contributed by atoms with Gasteiger partial charge in [-0.1, -0.05) is 55.8 Å². The van der Waals surface area contributed by atoms with Gasteiger partial charge >= 0.3 is 0 Å². The van der Waals surface area contributed by atoms with Gasteiger partial charge in [0.1, 0.15) is 6.33 Å². The molecule has 4 aromatic rings. The molecule has 8 nitrogen and oxygen atoms in total. The van der Waals surface area contributed by atoms with Gasteiger partial charge in [0.15, 0.2) is 0 Å². The normalized spacial score (nSPS) is 20.6. The fraction of sp³-hybridized carbons (Fsp3) is 0.471. The lowest BCUT2D eigenvalue weighted by Crippen LogP contribution is -2.49. The smallest absolute Gasteiger partial charge is 0.259 e. The van der Waals surface area contributed by atoms with Gasteiger partial charge in [-0.2, -0.15) is 15.3 Å². The molecular weight excluding hydrogens is 526 g/mol. The molecule has 2 heterocycles. The van der Waals surface area contributed by atoms with Gasteiger partial charge in [0, 0.05) is 18.0 Å². The molecule has 2 saturated carbocycles. The first-order chi connectivity index (χ1) is 20.4. The van der Waals surface area contributed by atoms with Gasteiger partial charge in [-0.3, -0.25) is 9.36 Å². The molecule has 0 saturated heterocycles. The van der Waals surface area contributed by atoms with Gasteiger partial charge in [0.05, 0.1) is 35.1 Å². The average Bonchev–Trinajstić information content (AvgIpc) is 3.48. The third kappa shape index (κ3) is 5.28. The predicted octanol–water partition coefficient (Wildman–Crippen LogP) is 5.78. The van der Waals surface area contributed by atoms with E-state index in [-0.39, 0.29) is 23.8 Å². The molecule has 218 valence electrons. The maximum Gasteiger partial charge on any atom is 0.259 e. The number of hydrogen-bond acceptors (Lipinski definition) is 6. The van der Waals surface area contributed by atoms with E-state index in [1.807, 2.05) is 64.5 Å². The van der Waals surface area contributed by atoms with Gasteiger partial charge in [-0.25, -0.2) is 4.52 Å². The number of nitriles is 1. The van der Waals surface area contributed by atoms with E-state index in [1.54, 1.807) is 6.33 Å². The zero-order chi connectivity index (χ0) is 29.3. The van der Waals surface area contributed by atoms with Crippen molar-refractivity contribution in [3.05, 3.63) is 87.6 Å². The Bertz CT molecular complexity index is 1650. The van der Waals surface area contributed by atoms with Crippen LogP contribution in [0.1, 0.15) is 93.6 Å². The number of aliphatic hydroxyl groups is 1. The number of hydrogen-bond donors (Lipinski definition) is 1. The summed E-state index contributed by atoms with van der Waals surface area (Å²) < 4.78 is 10.0. The second kappa shape index (κ2) is 11.8. The van der Waals surface area contributed by atoms with Crippen molar-refractivity contribution >= 4 is 5.78 Å². The van der Waals surface area contributed by atoms with E-state index in [0.717, 1.165) is 85.7 Å². The molecule has 2 aliphatic carbocycles. The van der Waals surface area contributed by atoms with Gasteiger partial charge < -0.3 is 9.84 Å². The quantitative estimate of drug-likeness (QED) is 0.276. The Hall–Kier alpha value is -3.80. The summed E-state index contributed by atoms with van der Waals surface area (Å²) in [5, 5.41) is 24.8. The number of rotatable bonds is 9. The number of nitrogens with zero attached hydrogens (tertiary/aromatic N) is 5. The topological polar surface area (TPSA) is 105 Å². The number of benzene rings is 2. The first-order valence-corrected chi connectivity index (χ1v) is 15.3. The van der Waals surface area contributed by atoms with Crippen molar-refractivity contribution in [2.75, 3.05) is 0 Å². The molecule has 6 rings (SSSR count). The minimum absolute atomic E-state index is 0.0133. The number of ether oxygens (including phenoxy) is 1. The molecule has 2 aromatic carbocycles. The molecule has 0 aliphatic heterocycles. The van der Waals surface area contributed by atoms with E-state index in [4.69, 9.17) is 4.74 Å². The van der Waals surface area contributed by atoms with Crippen molar-refractivity contribution in [2.24, 2.45) is 0 Å². The van der Waals surface area contributed by atoms with Crippen LogP contribution in [0.5, 0.6) is 0 Å². The van der Waals surface area contributed by atoms with Crippen LogP contribution in [0, 0.1) is 11.3 Å². The Morgan fingerprint density at radius 2 is 1.86 bits per heavy atom. The molecule has 2 fully saturated rings. The molecule has 2 aliphatic rings. The predicted molar refractivity (Wildman–Crippen MR) is 161 cm³/mol. The summed E-state index contributed by atoms with van der Waals surface area (Å²) >= 11 is 0. The van der Waals surface area contributed by atoms with Crippen LogP contribution in [0.3, 0.4) is 0 Å². The van der Waals surface area contributed by atoms with Crippen LogP contribution in [0.25, 0.3) is 16.9 Å². The summed E-state index contributed by atoms with van der Waals surface area (Å²) in [6.45, 7) is 4.10. The molecule has 0 spiro atoms. The maximum atomic E-state index is 14.3. The number of aryl methyl sites for hydroxylation is 1. The molecule has 8 heteroatoms. The van der Waals surface area contributed by atoms with E-state index in [9.17, 15) is 15.2 Å². The van der Waals surface area contributed by atoms with E-state index in [2.05, 4.69) is 23.1 Å². The van der Waals surface area contributed by atoms with Crippen LogP contribution < -0.4 is 5.56 Å². The standard InChI is InChI=1S/C34H39N5O3/c1-3-7-31-30(20-24-10-12-25(13-11-24)29-9-5-4-8-26(29)21-35)32(40)38(33-36-22-37-39(31)33)27-14-16-28(17-15-27)42-23(2)34(41)18-6-19-34/h4-5,8-13,22-23,27-28,41H,3,6-7,14-20H2,1-2H3. The lowest BCUT2D eigenvalue weighted by atomic mass is 9.76. The van der Waals surface area contributed by atoms with Crippen LogP contribution in [-0.4, -0.2) is 42.1 Å². The first-order valence-electron chi connectivity index (χ1n) is 15.3. The Kier molecular flexibility index (Phi) is 7.98. The molecule has 0 bridgehead atoms. The van der Waals surface area contributed by atoms with Gasteiger partial charge in [-0.05, 0) is 81.0 Å². The Morgan fingerprint density at radius 1 is 1.12 bits per heavy atom. The number of aromatic nitrogens is 4. The fourth-order valence-corrected chi connectivity index (χ4v) is 6.72. The lowest BCUT2D eigenvalue weighted by Gasteiger charge is -2.43. The summed E-state index contributed by atoms with van der Waals surface area (Å²) in [6, 6.07) is 18.0. The fourth-order valence-electron chi connectivity index (χ4n) is 6.72. The highest BCUT2D eigenvalue weighted by Crippen LogP contribution is 2.38. The van der Waals surface area contributed by atoms with Crippen molar-refractivity contribution < 1.29 is 9.84 Å². The van der Waals surface area contributed by atoms with Gasteiger partial charge in [0.2, 0.25) is 5.78 Å². The van der Waals surface area contributed by atoms with E-state index < -0.39 is 5.60 Å². The average molecular weight is 566 g/mol. The monoisotopic (exact) mass is 565 g/mol. The third-order valence-electron chi connectivity index (χ3n) is 9.39. The molecule has 0 amide bonds. The van der Waals surface area contributed by atoms with Crippen LogP contribution >= 0.6 is 0 Å². The maximum absolute atomic E-state index is 14.3. The highest BCUT2D eigenvalue weighted by molar-refractivity contribution is 5.70. The van der Waals surface area contributed by atoms with Gasteiger partial charge in [0.25, 0.3) is 5.56 Å². The molecule has 1 N–H and O–H groups in total. The molecule has 2 aromatic heterocycles. The van der Waals surface area contributed by atoms with Crippen LogP contribution in [0.15, 0.2) is 59.7 Å². The molecular formula is C34H39N5O3. The van der Waals surface area contributed by atoms with Crippen molar-refractivity contribution in [3.63, 3.8) is 0 Å². The highest BCUT2D eigenvalue weighted by Gasteiger charge is 2.42. The van der Waals surface area contributed by atoms with Crippen LogP contribution in [-0.2, 0) is 17.6 Å². The molecule has 1 unspecified atom stereocenters. The minimum Gasteiger partial charge on any atom is -0.387 e. The van der Waals surface area contributed by atoms with Crippen molar-refractivity contribution in [3.8, 4) is 17.2 Å². The number of fused-ring (bicyclic) bond motifs is 1. The molecule has 0 radical (unpaired) electrons. The second-order valence-electron chi connectivity index (χ2n) is 12.0. The Labute approximate surface area is 246 Å². The van der Waals surface area contributed by atoms with Crippen LogP contribution in [0.4, 0.5) is 0 Å². The zero-order valence-corrected chi connectivity index (χ0v) is 24.5. The summed E-state index contributed by atoms with van der Waals surface area (Å²) in [4.78, 5) is 18.8. The van der Waals surface area contributed by atoms with Crippen molar-refractivity contribution in [1.82, 2.24) is 19.2 Å². The summed E-state index contributed by atoms with van der Waals surface area (Å²) in [5.74, 6) is 0.608. The van der Waals surface area contributed by atoms with Gasteiger partial charge in [-0.15, -0.1) is 0 Å². The second-order valence-corrected chi connectivity index (χ2v) is 12.0. The SMILES string of the molecule is CCCc1c(Cc2ccc(-c3ccccc3C#N)cc2)c(=O)n(C2CCC(OC(C)C3(O)CCC3)CC2)c2ncnn12. The zero-order valence-electron chi connectivity index (χ0n) is 24.5. The molecule has 42 heavy (non-hydrogen) atoms. The third-order valence-corrected chi connectivity index (χ3v) is 9.39. The first kappa shape index (κ1) is 28.3. The Balaban J connectivity index is 1.28. The summed E-state index contributed by atoms with van der Waals surface area (Å²) in [5.41, 5.74) is 4.58. The lowest BCUT2D eigenvalue weighted by molar-refractivity contribution is -0.167. The van der Waals surface area contributed by atoms with Crippen LogP contribution in [0.2, 0.25) is 0 Å². The van der Waals surface area contributed by atoms with E-state index in [1.165, 1.54) is 0 Å². The molecule has 1 atom stereocenters. The van der Waals surface area contributed by atoms with Crippen molar-refractivity contribution in [2.45, 2.75) is 102 Å². The Morgan fingerprint density at radius 3 is 2.52 bits per heavy atom.